The van der Waals surface area contributed by atoms with Gasteiger partial charge in [0.2, 0.25) is 0 Å². The van der Waals surface area contributed by atoms with Crippen LogP contribution in [-0.4, -0.2) is 20.8 Å². The van der Waals surface area contributed by atoms with E-state index in [1.165, 1.54) is 12.0 Å². The fourth-order valence-electron chi connectivity index (χ4n) is 2.20. The Morgan fingerprint density at radius 1 is 1.12 bits per heavy atom. The minimum absolute atomic E-state index is 0.430. The molecule has 1 saturated heterocycles. The molecule has 1 aliphatic heterocycles. The van der Waals surface area contributed by atoms with E-state index in [0.29, 0.717) is 6.04 Å². The average molecular weight is 221 g/mol. The van der Waals surface area contributed by atoms with Crippen molar-refractivity contribution in [3.63, 3.8) is 0 Å². The van der Waals surface area contributed by atoms with Crippen molar-refractivity contribution in [1.29, 1.82) is 0 Å². The minimum atomic E-state index is 0.430. The summed E-state index contributed by atoms with van der Waals surface area (Å²) in [5, 5.41) is 3.51. The first-order chi connectivity index (χ1) is 7.72. The Balaban J connectivity index is 2.25. The lowest BCUT2D eigenvalue weighted by molar-refractivity contribution is 0.392. The average Bonchev–Trinajstić information content (AvgIpc) is 2.75. The second-order valence-corrected chi connectivity index (χ2v) is 4.45. The van der Waals surface area contributed by atoms with Crippen molar-refractivity contribution in [2.24, 2.45) is 5.92 Å². The van der Waals surface area contributed by atoms with Crippen molar-refractivity contribution >= 4 is 0 Å². The predicted octanol–water partition coefficient (Wildman–Crippen LogP) is 2.37. The Hall–Kier alpha value is -1.22. The number of nitrogens with one attached hydrogen (secondary N) is 1. The van der Waals surface area contributed by atoms with Gasteiger partial charge in [0, 0.05) is 12.1 Å². The highest BCUT2D eigenvalue weighted by atomic mass is 16.5. The SMILES string of the molecule is COc1cc(OC)cc([C@@H]2C[C@H](C)CN2)c1. The fraction of sp³-hybridized carbons (Fsp3) is 0.538. The smallest absolute Gasteiger partial charge is 0.122 e. The van der Waals surface area contributed by atoms with Gasteiger partial charge in [0.1, 0.15) is 11.5 Å². The molecule has 0 unspecified atom stereocenters. The van der Waals surface area contributed by atoms with E-state index in [1.54, 1.807) is 14.2 Å². The van der Waals surface area contributed by atoms with E-state index in [9.17, 15) is 0 Å². The Kier molecular flexibility index (Phi) is 3.34. The molecule has 0 amide bonds. The molecule has 2 atom stereocenters. The zero-order chi connectivity index (χ0) is 11.5. The van der Waals surface area contributed by atoms with Crippen molar-refractivity contribution in [2.75, 3.05) is 20.8 Å². The van der Waals surface area contributed by atoms with Gasteiger partial charge in [0.15, 0.2) is 0 Å². The van der Waals surface area contributed by atoms with Gasteiger partial charge in [0.25, 0.3) is 0 Å². The van der Waals surface area contributed by atoms with E-state index in [-0.39, 0.29) is 0 Å². The molecular formula is C13H19NO2. The number of ether oxygens (including phenoxy) is 2. The van der Waals surface area contributed by atoms with Crippen LogP contribution < -0.4 is 14.8 Å². The normalized spacial score (nSPS) is 24.4. The number of hydrogen-bond acceptors (Lipinski definition) is 3. The summed E-state index contributed by atoms with van der Waals surface area (Å²) in [7, 11) is 3.37. The second-order valence-electron chi connectivity index (χ2n) is 4.45. The van der Waals surface area contributed by atoms with E-state index >= 15 is 0 Å². The summed E-state index contributed by atoms with van der Waals surface area (Å²) in [6.45, 7) is 3.36. The summed E-state index contributed by atoms with van der Waals surface area (Å²) >= 11 is 0. The van der Waals surface area contributed by atoms with Crippen molar-refractivity contribution in [3.8, 4) is 11.5 Å². The molecule has 3 heteroatoms. The lowest BCUT2D eigenvalue weighted by atomic mass is 10.0. The number of methoxy groups -OCH3 is 2. The summed E-state index contributed by atoms with van der Waals surface area (Å²) in [6, 6.07) is 6.50. The van der Waals surface area contributed by atoms with Gasteiger partial charge in [-0.25, -0.2) is 0 Å². The molecule has 1 aliphatic rings. The molecule has 2 rings (SSSR count). The molecule has 1 aromatic carbocycles. The number of hydrogen-bond donors (Lipinski definition) is 1. The topological polar surface area (TPSA) is 30.5 Å². The summed E-state index contributed by atoms with van der Waals surface area (Å²) in [4.78, 5) is 0. The fourth-order valence-corrected chi connectivity index (χ4v) is 2.20. The largest absolute Gasteiger partial charge is 0.497 e. The molecule has 1 fully saturated rings. The molecule has 0 aliphatic carbocycles. The van der Waals surface area contributed by atoms with Gasteiger partial charge in [-0.3, -0.25) is 0 Å². The third kappa shape index (κ3) is 2.30. The van der Waals surface area contributed by atoms with Gasteiger partial charge in [-0.05, 0) is 36.6 Å². The molecule has 1 N–H and O–H groups in total. The Labute approximate surface area is 96.8 Å². The van der Waals surface area contributed by atoms with E-state index < -0.39 is 0 Å². The van der Waals surface area contributed by atoms with Crippen molar-refractivity contribution in [1.82, 2.24) is 5.32 Å². The Morgan fingerprint density at radius 3 is 2.19 bits per heavy atom. The highest BCUT2D eigenvalue weighted by molar-refractivity contribution is 5.40. The predicted molar refractivity (Wildman–Crippen MR) is 64.1 cm³/mol. The van der Waals surface area contributed by atoms with Crippen LogP contribution in [0.5, 0.6) is 11.5 Å². The van der Waals surface area contributed by atoms with Crippen LogP contribution in [0.2, 0.25) is 0 Å². The first-order valence-corrected chi connectivity index (χ1v) is 5.69. The maximum Gasteiger partial charge on any atom is 0.122 e. The van der Waals surface area contributed by atoms with Gasteiger partial charge in [-0.15, -0.1) is 0 Å². The van der Waals surface area contributed by atoms with Gasteiger partial charge in [-0.2, -0.15) is 0 Å². The van der Waals surface area contributed by atoms with Crippen LogP contribution in [0.15, 0.2) is 18.2 Å². The summed E-state index contributed by atoms with van der Waals surface area (Å²) in [5.41, 5.74) is 1.25. The van der Waals surface area contributed by atoms with Gasteiger partial charge < -0.3 is 14.8 Å². The quantitative estimate of drug-likeness (QED) is 0.850. The zero-order valence-electron chi connectivity index (χ0n) is 10.1. The van der Waals surface area contributed by atoms with Crippen LogP contribution in [0.4, 0.5) is 0 Å². The summed E-state index contributed by atoms with van der Waals surface area (Å²) < 4.78 is 10.6. The van der Waals surface area contributed by atoms with Gasteiger partial charge >= 0.3 is 0 Å². The number of benzene rings is 1. The van der Waals surface area contributed by atoms with Crippen LogP contribution in [0, 0.1) is 5.92 Å². The van der Waals surface area contributed by atoms with E-state index in [1.807, 2.05) is 6.07 Å². The molecule has 1 heterocycles. The first kappa shape index (κ1) is 11.3. The monoisotopic (exact) mass is 221 g/mol. The van der Waals surface area contributed by atoms with E-state index in [4.69, 9.17) is 9.47 Å². The van der Waals surface area contributed by atoms with Crippen LogP contribution >= 0.6 is 0 Å². The van der Waals surface area contributed by atoms with Crippen molar-refractivity contribution < 1.29 is 9.47 Å². The van der Waals surface area contributed by atoms with E-state index in [2.05, 4.69) is 24.4 Å². The molecule has 88 valence electrons. The molecule has 0 bridgehead atoms. The standard InChI is InChI=1S/C13H19NO2/c1-9-4-13(14-8-9)10-5-11(15-2)7-12(6-10)16-3/h5-7,9,13-14H,4,8H2,1-3H3/t9-,13-/m0/s1. The Bertz CT molecular complexity index is 343. The maximum atomic E-state index is 5.28. The molecule has 16 heavy (non-hydrogen) atoms. The van der Waals surface area contributed by atoms with Gasteiger partial charge in [-0.1, -0.05) is 6.92 Å². The highest BCUT2D eigenvalue weighted by Crippen LogP contribution is 2.32. The summed E-state index contributed by atoms with van der Waals surface area (Å²) in [5.74, 6) is 2.45. The summed E-state index contributed by atoms with van der Waals surface area (Å²) in [6.07, 6.45) is 1.18. The molecule has 1 aromatic rings. The Morgan fingerprint density at radius 2 is 1.75 bits per heavy atom. The molecule has 0 aromatic heterocycles. The second kappa shape index (κ2) is 4.74. The molecular weight excluding hydrogens is 202 g/mol. The minimum Gasteiger partial charge on any atom is -0.497 e. The maximum absolute atomic E-state index is 5.28. The lowest BCUT2D eigenvalue weighted by Gasteiger charge is -2.14. The van der Waals surface area contributed by atoms with Crippen molar-refractivity contribution in [3.05, 3.63) is 23.8 Å². The van der Waals surface area contributed by atoms with Crippen LogP contribution in [0.3, 0.4) is 0 Å². The third-order valence-electron chi connectivity index (χ3n) is 3.13. The molecule has 0 spiro atoms. The lowest BCUT2D eigenvalue weighted by Crippen LogP contribution is -2.13. The third-order valence-corrected chi connectivity index (χ3v) is 3.13. The highest BCUT2D eigenvalue weighted by Gasteiger charge is 2.22. The molecule has 0 saturated carbocycles. The van der Waals surface area contributed by atoms with Crippen LogP contribution in [-0.2, 0) is 0 Å². The molecule has 3 nitrogen and oxygen atoms in total. The van der Waals surface area contributed by atoms with E-state index in [0.717, 1.165) is 24.0 Å². The molecule has 0 radical (unpaired) electrons. The van der Waals surface area contributed by atoms with Crippen LogP contribution in [0.1, 0.15) is 24.9 Å². The van der Waals surface area contributed by atoms with Gasteiger partial charge in [0.05, 0.1) is 14.2 Å². The number of rotatable bonds is 3. The van der Waals surface area contributed by atoms with Crippen molar-refractivity contribution in [2.45, 2.75) is 19.4 Å². The zero-order valence-corrected chi connectivity index (χ0v) is 10.1. The van der Waals surface area contributed by atoms with Crippen LogP contribution in [0.25, 0.3) is 0 Å². The first-order valence-electron chi connectivity index (χ1n) is 5.69.